The predicted octanol–water partition coefficient (Wildman–Crippen LogP) is 3.56. The Balaban J connectivity index is 1.67. The third-order valence-electron chi connectivity index (χ3n) is 4.22. The summed E-state index contributed by atoms with van der Waals surface area (Å²) in [4.78, 5) is 1.41. The fraction of sp³-hybridized carbons (Fsp3) is 0.750. The standard InChI is InChI=1S/C16H27NOS/c1-16(2,15-8-5-9-19-15)12-17-11-14(18)10-13-6-3-4-7-13/h5,8-9,13-14,17-18H,3-4,6-7,10-12H2,1-2H3. The molecule has 108 valence electrons. The molecule has 1 saturated carbocycles. The van der Waals surface area contributed by atoms with Crippen molar-refractivity contribution in [3.05, 3.63) is 22.4 Å². The monoisotopic (exact) mass is 281 g/mol. The van der Waals surface area contributed by atoms with Gasteiger partial charge in [-0.3, -0.25) is 0 Å². The van der Waals surface area contributed by atoms with Gasteiger partial charge >= 0.3 is 0 Å². The van der Waals surface area contributed by atoms with Gasteiger partial charge in [-0.25, -0.2) is 0 Å². The highest BCUT2D eigenvalue weighted by Gasteiger charge is 2.22. The van der Waals surface area contributed by atoms with E-state index in [0.717, 1.165) is 25.4 Å². The quantitative estimate of drug-likeness (QED) is 0.801. The number of aliphatic hydroxyl groups is 1. The first-order valence-electron chi connectivity index (χ1n) is 7.51. The van der Waals surface area contributed by atoms with Crippen LogP contribution in [0.25, 0.3) is 0 Å². The van der Waals surface area contributed by atoms with Gasteiger partial charge in [-0.15, -0.1) is 11.3 Å². The van der Waals surface area contributed by atoms with E-state index in [-0.39, 0.29) is 11.5 Å². The van der Waals surface area contributed by atoms with E-state index in [1.165, 1.54) is 30.6 Å². The summed E-state index contributed by atoms with van der Waals surface area (Å²) in [6.45, 7) is 6.17. The highest BCUT2D eigenvalue weighted by Crippen LogP contribution is 2.29. The van der Waals surface area contributed by atoms with Gasteiger partial charge in [0, 0.05) is 23.4 Å². The van der Waals surface area contributed by atoms with E-state index < -0.39 is 0 Å². The summed E-state index contributed by atoms with van der Waals surface area (Å²) in [5.41, 5.74) is 0.154. The third-order valence-corrected chi connectivity index (χ3v) is 5.45. The van der Waals surface area contributed by atoms with E-state index >= 15 is 0 Å². The molecule has 3 heteroatoms. The molecule has 1 unspecified atom stereocenters. The van der Waals surface area contributed by atoms with Crippen molar-refractivity contribution in [2.75, 3.05) is 13.1 Å². The number of aliphatic hydroxyl groups excluding tert-OH is 1. The average molecular weight is 281 g/mol. The molecule has 1 atom stereocenters. The molecular formula is C16H27NOS. The molecule has 1 aliphatic rings. The predicted molar refractivity (Wildman–Crippen MR) is 82.8 cm³/mol. The maximum Gasteiger partial charge on any atom is 0.0667 e. The lowest BCUT2D eigenvalue weighted by atomic mass is 9.91. The lowest BCUT2D eigenvalue weighted by Crippen LogP contribution is -2.37. The van der Waals surface area contributed by atoms with Crippen LogP contribution in [0.2, 0.25) is 0 Å². The van der Waals surface area contributed by atoms with Gasteiger partial charge < -0.3 is 10.4 Å². The van der Waals surface area contributed by atoms with Crippen LogP contribution in [-0.2, 0) is 5.41 Å². The van der Waals surface area contributed by atoms with Crippen LogP contribution in [0.15, 0.2) is 17.5 Å². The maximum atomic E-state index is 10.1. The van der Waals surface area contributed by atoms with Crippen LogP contribution in [0, 0.1) is 5.92 Å². The first-order chi connectivity index (χ1) is 9.08. The van der Waals surface area contributed by atoms with Gasteiger partial charge in [0.1, 0.15) is 0 Å². The third kappa shape index (κ3) is 4.59. The zero-order chi connectivity index (χ0) is 13.7. The summed E-state index contributed by atoms with van der Waals surface area (Å²) in [5, 5.41) is 15.7. The van der Waals surface area contributed by atoms with Crippen LogP contribution in [0.5, 0.6) is 0 Å². The smallest absolute Gasteiger partial charge is 0.0667 e. The van der Waals surface area contributed by atoms with E-state index in [9.17, 15) is 5.11 Å². The van der Waals surface area contributed by atoms with Gasteiger partial charge in [0.2, 0.25) is 0 Å². The second-order valence-electron chi connectivity index (χ2n) is 6.53. The molecule has 2 rings (SSSR count). The van der Waals surface area contributed by atoms with Gasteiger partial charge in [-0.1, -0.05) is 45.6 Å². The minimum Gasteiger partial charge on any atom is -0.392 e. The Bertz CT molecular complexity index is 355. The van der Waals surface area contributed by atoms with Crippen molar-refractivity contribution < 1.29 is 5.11 Å². The summed E-state index contributed by atoms with van der Waals surface area (Å²) < 4.78 is 0. The molecule has 0 amide bonds. The fourth-order valence-corrected chi connectivity index (χ4v) is 3.87. The molecule has 1 aromatic rings. The number of rotatable bonds is 7. The van der Waals surface area contributed by atoms with Crippen LogP contribution in [-0.4, -0.2) is 24.3 Å². The van der Waals surface area contributed by atoms with E-state index in [1.807, 2.05) is 11.3 Å². The second-order valence-corrected chi connectivity index (χ2v) is 7.48. The summed E-state index contributed by atoms with van der Waals surface area (Å²) in [7, 11) is 0. The van der Waals surface area contributed by atoms with E-state index in [0.29, 0.717) is 0 Å². The summed E-state index contributed by atoms with van der Waals surface area (Å²) in [5.74, 6) is 0.766. The van der Waals surface area contributed by atoms with Crippen molar-refractivity contribution >= 4 is 11.3 Å². The zero-order valence-electron chi connectivity index (χ0n) is 12.2. The first kappa shape index (κ1) is 15.0. The van der Waals surface area contributed by atoms with Crippen molar-refractivity contribution in [1.29, 1.82) is 0 Å². The van der Waals surface area contributed by atoms with Crippen LogP contribution in [0.1, 0.15) is 50.8 Å². The molecule has 1 aromatic heterocycles. The van der Waals surface area contributed by atoms with Crippen LogP contribution in [0.3, 0.4) is 0 Å². The Kier molecular flexibility index (Phi) is 5.43. The maximum absolute atomic E-state index is 10.1. The molecule has 0 spiro atoms. The summed E-state index contributed by atoms with van der Waals surface area (Å²) >= 11 is 1.81. The van der Waals surface area contributed by atoms with E-state index in [2.05, 4.69) is 36.7 Å². The largest absolute Gasteiger partial charge is 0.392 e. The Morgan fingerprint density at radius 1 is 1.42 bits per heavy atom. The minimum absolute atomic E-state index is 0.154. The number of hydrogen-bond acceptors (Lipinski definition) is 3. The second kappa shape index (κ2) is 6.87. The topological polar surface area (TPSA) is 32.3 Å². The molecule has 1 aliphatic carbocycles. The van der Waals surface area contributed by atoms with Gasteiger partial charge in [0.05, 0.1) is 6.10 Å². The Labute approximate surface area is 121 Å². The van der Waals surface area contributed by atoms with Crippen molar-refractivity contribution in [1.82, 2.24) is 5.32 Å². The Morgan fingerprint density at radius 3 is 2.79 bits per heavy atom. The minimum atomic E-state index is -0.178. The Morgan fingerprint density at radius 2 is 2.16 bits per heavy atom. The average Bonchev–Trinajstić information content (AvgIpc) is 3.00. The molecular weight excluding hydrogens is 254 g/mol. The number of hydrogen-bond donors (Lipinski definition) is 2. The molecule has 1 heterocycles. The van der Waals surface area contributed by atoms with Crippen molar-refractivity contribution in [3.63, 3.8) is 0 Å². The molecule has 0 saturated heterocycles. The van der Waals surface area contributed by atoms with Crippen LogP contribution >= 0.6 is 11.3 Å². The van der Waals surface area contributed by atoms with E-state index in [1.54, 1.807) is 0 Å². The molecule has 0 aliphatic heterocycles. The van der Waals surface area contributed by atoms with Crippen molar-refractivity contribution in [2.45, 2.75) is 57.5 Å². The fourth-order valence-electron chi connectivity index (χ4n) is 3.02. The lowest BCUT2D eigenvalue weighted by molar-refractivity contribution is 0.139. The van der Waals surface area contributed by atoms with Crippen LogP contribution in [0.4, 0.5) is 0 Å². The van der Waals surface area contributed by atoms with Crippen LogP contribution < -0.4 is 5.32 Å². The molecule has 19 heavy (non-hydrogen) atoms. The molecule has 0 radical (unpaired) electrons. The number of nitrogens with one attached hydrogen (secondary N) is 1. The zero-order valence-corrected chi connectivity index (χ0v) is 13.0. The van der Waals surface area contributed by atoms with E-state index in [4.69, 9.17) is 0 Å². The molecule has 0 aromatic carbocycles. The highest BCUT2D eigenvalue weighted by atomic mass is 32.1. The SMILES string of the molecule is CC(C)(CNCC(O)CC1CCCC1)c1cccs1. The highest BCUT2D eigenvalue weighted by molar-refractivity contribution is 7.10. The molecule has 2 N–H and O–H groups in total. The summed E-state index contributed by atoms with van der Waals surface area (Å²) in [6.07, 6.45) is 6.15. The lowest BCUT2D eigenvalue weighted by Gasteiger charge is -2.25. The van der Waals surface area contributed by atoms with Gasteiger partial charge in [0.15, 0.2) is 0 Å². The Hall–Kier alpha value is -0.380. The number of thiophene rings is 1. The first-order valence-corrected chi connectivity index (χ1v) is 8.38. The van der Waals surface area contributed by atoms with Gasteiger partial charge in [-0.05, 0) is 23.8 Å². The summed E-state index contributed by atoms with van der Waals surface area (Å²) in [6, 6.07) is 4.30. The molecule has 1 fully saturated rings. The normalized spacial score (nSPS) is 18.9. The van der Waals surface area contributed by atoms with Crippen molar-refractivity contribution in [3.8, 4) is 0 Å². The van der Waals surface area contributed by atoms with Gasteiger partial charge in [-0.2, -0.15) is 0 Å². The van der Waals surface area contributed by atoms with Crippen molar-refractivity contribution in [2.24, 2.45) is 5.92 Å². The van der Waals surface area contributed by atoms with Gasteiger partial charge in [0.25, 0.3) is 0 Å². The molecule has 0 bridgehead atoms. The molecule has 2 nitrogen and oxygen atoms in total.